The van der Waals surface area contributed by atoms with Crippen molar-refractivity contribution in [2.75, 3.05) is 5.32 Å². The molecule has 1 heterocycles. The predicted octanol–water partition coefficient (Wildman–Crippen LogP) is 3.91. The number of pyridine rings is 1. The molecule has 0 radical (unpaired) electrons. The summed E-state index contributed by atoms with van der Waals surface area (Å²) in [6, 6.07) is 8.94. The van der Waals surface area contributed by atoms with E-state index in [9.17, 15) is 10.1 Å². The topological polar surface area (TPSA) is 91.8 Å². The Bertz CT molecular complexity index is 728. The summed E-state index contributed by atoms with van der Waals surface area (Å²) in [5.74, 6) is 0.168. The first-order valence-corrected chi connectivity index (χ1v) is 6.04. The SMILES string of the molecule is N#Cc1ccc(Cl)c(Nc2cc([N+](=O)[O-])cc(Cl)n2)c1. The van der Waals surface area contributed by atoms with E-state index in [4.69, 9.17) is 28.5 Å². The lowest BCUT2D eigenvalue weighted by atomic mass is 10.2. The maximum atomic E-state index is 10.7. The number of anilines is 2. The second kappa shape index (κ2) is 5.74. The lowest BCUT2D eigenvalue weighted by molar-refractivity contribution is -0.384. The van der Waals surface area contributed by atoms with Crippen LogP contribution in [0.15, 0.2) is 30.3 Å². The van der Waals surface area contributed by atoms with E-state index in [1.807, 2.05) is 6.07 Å². The zero-order chi connectivity index (χ0) is 14.7. The number of hydrogen-bond acceptors (Lipinski definition) is 5. The number of rotatable bonds is 3. The zero-order valence-corrected chi connectivity index (χ0v) is 11.3. The molecule has 0 aliphatic heterocycles. The summed E-state index contributed by atoms with van der Waals surface area (Å²) < 4.78 is 0. The lowest BCUT2D eigenvalue weighted by Crippen LogP contribution is -1.97. The zero-order valence-electron chi connectivity index (χ0n) is 9.80. The van der Waals surface area contributed by atoms with E-state index in [1.165, 1.54) is 12.1 Å². The molecule has 8 heteroatoms. The van der Waals surface area contributed by atoms with Crippen LogP contribution in [0.3, 0.4) is 0 Å². The molecule has 0 saturated carbocycles. The van der Waals surface area contributed by atoms with Gasteiger partial charge in [0.2, 0.25) is 0 Å². The van der Waals surface area contributed by atoms with Crippen molar-refractivity contribution in [1.29, 1.82) is 5.26 Å². The normalized spacial score (nSPS) is 9.85. The van der Waals surface area contributed by atoms with E-state index in [0.717, 1.165) is 6.07 Å². The Labute approximate surface area is 123 Å². The number of benzene rings is 1. The van der Waals surface area contributed by atoms with Crippen molar-refractivity contribution in [3.8, 4) is 6.07 Å². The Morgan fingerprint density at radius 3 is 2.70 bits per heavy atom. The van der Waals surface area contributed by atoms with Crippen molar-refractivity contribution in [3.05, 3.63) is 56.2 Å². The van der Waals surface area contributed by atoms with Gasteiger partial charge in [0.05, 0.1) is 39.4 Å². The fourth-order valence-corrected chi connectivity index (χ4v) is 1.85. The van der Waals surface area contributed by atoms with Gasteiger partial charge in [0.25, 0.3) is 5.69 Å². The van der Waals surface area contributed by atoms with E-state index in [2.05, 4.69) is 10.3 Å². The van der Waals surface area contributed by atoms with Crippen LogP contribution in [0, 0.1) is 21.4 Å². The highest BCUT2D eigenvalue weighted by Gasteiger charge is 2.11. The standard InChI is InChI=1S/C12H6Cl2N4O2/c13-9-2-1-7(6-15)3-10(9)16-12-5-8(18(19)20)4-11(14)17-12/h1-5H,(H,16,17). The molecule has 0 spiro atoms. The van der Waals surface area contributed by atoms with Crippen molar-refractivity contribution in [3.63, 3.8) is 0 Å². The summed E-state index contributed by atoms with van der Waals surface area (Å²) in [4.78, 5) is 14.1. The minimum Gasteiger partial charge on any atom is -0.339 e. The van der Waals surface area contributed by atoms with Crippen LogP contribution in [0.5, 0.6) is 0 Å². The maximum absolute atomic E-state index is 10.7. The highest BCUT2D eigenvalue weighted by atomic mass is 35.5. The molecule has 0 atom stereocenters. The Balaban J connectivity index is 2.40. The number of nitriles is 1. The molecule has 0 aliphatic rings. The minimum absolute atomic E-state index is 0.0192. The molecule has 20 heavy (non-hydrogen) atoms. The highest BCUT2D eigenvalue weighted by Crippen LogP contribution is 2.28. The van der Waals surface area contributed by atoms with Crippen LogP contribution in [-0.2, 0) is 0 Å². The largest absolute Gasteiger partial charge is 0.339 e. The smallest absolute Gasteiger partial charge is 0.276 e. The molecule has 0 aliphatic carbocycles. The minimum atomic E-state index is -0.577. The van der Waals surface area contributed by atoms with Crippen molar-refractivity contribution in [2.24, 2.45) is 0 Å². The summed E-state index contributed by atoms with van der Waals surface area (Å²) in [6.45, 7) is 0. The van der Waals surface area contributed by atoms with Gasteiger partial charge in [-0.3, -0.25) is 10.1 Å². The van der Waals surface area contributed by atoms with E-state index < -0.39 is 4.92 Å². The molecule has 0 saturated heterocycles. The Kier molecular flexibility index (Phi) is 4.03. The molecule has 1 aromatic carbocycles. The molecule has 0 amide bonds. The third kappa shape index (κ3) is 3.15. The van der Waals surface area contributed by atoms with Gasteiger partial charge in [-0.05, 0) is 18.2 Å². The molecule has 1 N–H and O–H groups in total. The number of hydrogen-bond donors (Lipinski definition) is 1. The summed E-state index contributed by atoms with van der Waals surface area (Å²) in [7, 11) is 0. The van der Waals surface area contributed by atoms with Gasteiger partial charge in [0.1, 0.15) is 11.0 Å². The van der Waals surface area contributed by atoms with E-state index in [0.29, 0.717) is 16.3 Å². The Hall–Kier alpha value is -2.36. The van der Waals surface area contributed by atoms with E-state index in [-0.39, 0.29) is 16.7 Å². The quantitative estimate of drug-likeness (QED) is 0.527. The molecule has 2 rings (SSSR count). The molecule has 1 aromatic heterocycles. The molecule has 0 unspecified atom stereocenters. The number of nitrogens with one attached hydrogen (secondary N) is 1. The number of nitro groups is 1. The van der Waals surface area contributed by atoms with Gasteiger partial charge in [-0.2, -0.15) is 5.26 Å². The van der Waals surface area contributed by atoms with Gasteiger partial charge in [-0.25, -0.2) is 4.98 Å². The van der Waals surface area contributed by atoms with Crippen molar-refractivity contribution < 1.29 is 4.92 Å². The van der Waals surface area contributed by atoms with Gasteiger partial charge in [-0.1, -0.05) is 23.2 Å². The predicted molar refractivity (Wildman–Crippen MR) is 75.4 cm³/mol. The van der Waals surface area contributed by atoms with E-state index >= 15 is 0 Å². The molecule has 0 fully saturated rings. The third-order valence-corrected chi connectivity index (χ3v) is 2.87. The first kappa shape index (κ1) is 14.1. The van der Waals surface area contributed by atoms with Crippen LogP contribution in [0.2, 0.25) is 10.2 Å². The summed E-state index contributed by atoms with van der Waals surface area (Å²) in [5, 5.41) is 22.7. The van der Waals surface area contributed by atoms with Crippen LogP contribution < -0.4 is 5.32 Å². The van der Waals surface area contributed by atoms with Crippen LogP contribution in [-0.4, -0.2) is 9.91 Å². The summed E-state index contributed by atoms with van der Waals surface area (Å²) in [5.41, 5.74) is 0.614. The van der Waals surface area contributed by atoms with Gasteiger partial charge < -0.3 is 5.32 Å². The Morgan fingerprint density at radius 1 is 1.30 bits per heavy atom. The summed E-state index contributed by atoms with van der Waals surface area (Å²) in [6.07, 6.45) is 0. The van der Waals surface area contributed by atoms with Crippen molar-refractivity contribution in [1.82, 2.24) is 4.98 Å². The van der Waals surface area contributed by atoms with Gasteiger partial charge in [0.15, 0.2) is 0 Å². The van der Waals surface area contributed by atoms with Crippen molar-refractivity contribution >= 4 is 40.4 Å². The highest BCUT2D eigenvalue weighted by molar-refractivity contribution is 6.33. The van der Waals surface area contributed by atoms with Crippen molar-refractivity contribution in [2.45, 2.75) is 0 Å². The molecule has 6 nitrogen and oxygen atoms in total. The van der Waals surface area contributed by atoms with Crippen LogP contribution in [0.1, 0.15) is 5.56 Å². The van der Waals surface area contributed by atoms with E-state index in [1.54, 1.807) is 12.1 Å². The fraction of sp³-hybridized carbons (Fsp3) is 0. The maximum Gasteiger partial charge on any atom is 0.276 e. The second-order valence-electron chi connectivity index (χ2n) is 3.72. The third-order valence-electron chi connectivity index (χ3n) is 2.35. The number of halogens is 2. The molecule has 2 aromatic rings. The number of aromatic nitrogens is 1. The molecular weight excluding hydrogens is 303 g/mol. The fourth-order valence-electron chi connectivity index (χ4n) is 1.48. The monoisotopic (exact) mass is 308 g/mol. The van der Waals surface area contributed by atoms with Crippen LogP contribution >= 0.6 is 23.2 Å². The molecule has 0 bridgehead atoms. The molecular formula is C12H6Cl2N4O2. The second-order valence-corrected chi connectivity index (χ2v) is 4.52. The Morgan fingerprint density at radius 2 is 2.05 bits per heavy atom. The first-order chi connectivity index (χ1) is 9.49. The number of nitrogens with zero attached hydrogens (tertiary/aromatic N) is 3. The average molecular weight is 309 g/mol. The van der Waals surface area contributed by atoms with Crippen LogP contribution in [0.25, 0.3) is 0 Å². The lowest BCUT2D eigenvalue weighted by Gasteiger charge is -2.08. The first-order valence-electron chi connectivity index (χ1n) is 5.28. The van der Waals surface area contributed by atoms with Gasteiger partial charge >= 0.3 is 0 Å². The average Bonchev–Trinajstić information content (AvgIpc) is 2.40. The van der Waals surface area contributed by atoms with Gasteiger partial charge in [0, 0.05) is 0 Å². The van der Waals surface area contributed by atoms with Gasteiger partial charge in [-0.15, -0.1) is 0 Å². The molecule has 100 valence electrons. The van der Waals surface area contributed by atoms with Crippen LogP contribution in [0.4, 0.5) is 17.2 Å². The summed E-state index contributed by atoms with van der Waals surface area (Å²) >= 11 is 11.7.